The Morgan fingerprint density at radius 3 is 2.50 bits per heavy atom. The Bertz CT molecular complexity index is 1910. The van der Waals surface area contributed by atoms with Crippen LogP contribution in [0.15, 0.2) is 94.8 Å². The largest absolute Gasteiger partial charge is 0.507 e. The quantitative estimate of drug-likeness (QED) is 0.0617. The third-order valence-corrected chi connectivity index (χ3v) is 9.73. The van der Waals surface area contributed by atoms with Crippen LogP contribution in [0.2, 0.25) is 0 Å². The van der Waals surface area contributed by atoms with Crippen molar-refractivity contribution in [3.8, 4) is 5.75 Å². The first-order chi connectivity index (χ1) is 21.3. The number of carbonyl (C=O) groups excluding carboxylic acids is 2. The molecule has 10 heteroatoms. The van der Waals surface area contributed by atoms with Gasteiger partial charge in [-0.25, -0.2) is 4.39 Å². The molecule has 0 radical (unpaired) electrons. The van der Waals surface area contributed by atoms with Gasteiger partial charge in [0.2, 0.25) is 5.13 Å². The van der Waals surface area contributed by atoms with E-state index in [2.05, 4.69) is 48.3 Å². The Morgan fingerprint density at radius 2 is 1.77 bits per heavy atom. The second-order valence-corrected chi connectivity index (χ2v) is 12.8. The molecule has 222 valence electrons. The minimum absolute atomic E-state index is 0.00906. The predicted molar refractivity (Wildman–Crippen MR) is 172 cm³/mol. The van der Waals surface area contributed by atoms with Crippen molar-refractivity contribution >= 4 is 56.5 Å². The van der Waals surface area contributed by atoms with Crippen molar-refractivity contribution in [2.45, 2.75) is 35.9 Å². The number of amides is 1. The van der Waals surface area contributed by atoms with Gasteiger partial charge in [0.1, 0.15) is 5.76 Å². The van der Waals surface area contributed by atoms with E-state index in [1.165, 1.54) is 47.2 Å². The molecule has 0 aliphatic carbocycles. The van der Waals surface area contributed by atoms with Gasteiger partial charge in [-0.15, -0.1) is 10.2 Å². The van der Waals surface area contributed by atoms with Crippen molar-refractivity contribution in [1.82, 2.24) is 10.2 Å². The minimum Gasteiger partial charge on any atom is -0.507 e. The number of aromatic nitrogens is 2. The monoisotopic (exact) mass is 625 g/mol. The van der Waals surface area contributed by atoms with E-state index in [-0.39, 0.29) is 27.9 Å². The van der Waals surface area contributed by atoms with Crippen molar-refractivity contribution in [2.24, 2.45) is 0 Å². The van der Waals surface area contributed by atoms with Gasteiger partial charge in [0.25, 0.3) is 5.78 Å². The topological polar surface area (TPSA) is 92.6 Å². The molecule has 0 spiro atoms. The van der Waals surface area contributed by atoms with Crippen LogP contribution in [0, 0.1) is 5.82 Å². The molecule has 6 rings (SSSR count). The zero-order chi connectivity index (χ0) is 31.0. The molecule has 1 aliphatic heterocycles. The van der Waals surface area contributed by atoms with E-state index in [0.29, 0.717) is 15.7 Å². The third-order valence-electron chi connectivity index (χ3n) is 7.62. The number of hydrogen-bond acceptors (Lipinski definition) is 8. The Kier molecular flexibility index (Phi) is 8.20. The maximum atomic E-state index is 14.6. The van der Waals surface area contributed by atoms with Crippen LogP contribution < -0.4 is 9.64 Å². The average Bonchev–Trinajstić information content (AvgIpc) is 3.61. The summed E-state index contributed by atoms with van der Waals surface area (Å²) in [5.74, 6) is -2.04. The summed E-state index contributed by atoms with van der Waals surface area (Å²) in [6.07, 6.45) is 0. The molecule has 0 bridgehead atoms. The number of aliphatic hydroxyl groups is 1. The fourth-order valence-corrected chi connectivity index (χ4v) is 7.17. The molecule has 1 aliphatic rings. The normalized spacial score (nSPS) is 16.3. The Balaban J connectivity index is 1.38. The number of hydrogen-bond donors (Lipinski definition) is 1. The van der Waals surface area contributed by atoms with Gasteiger partial charge in [0.05, 0.1) is 18.7 Å². The summed E-state index contributed by atoms with van der Waals surface area (Å²) in [4.78, 5) is 28.4. The number of Topliss-reactive ketones (excluding diaryl/α,β-unsaturated/α-hetero) is 1. The number of anilines is 1. The highest BCUT2D eigenvalue weighted by atomic mass is 32.2. The molecule has 1 N–H and O–H groups in total. The maximum absolute atomic E-state index is 14.6. The van der Waals surface area contributed by atoms with Crippen LogP contribution in [0.25, 0.3) is 16.5 Å². The summed E-state index contributed by atoms with van der Waals surface area (Å²) in [7, 11) is 1.33. The first-order valence-corrected chi connectivity index (χ1v) is 15.7. The minimum atomic E-state index is -0.995. The second kappa shape index (κ2) is 12.2. The number of nitrogens with zero attached hydrogens (tertiary/aromatic N) is 3. The zero-order valence-corrected chi connectivity index (χ0v) is 25.8. The Morgan fingerprint density at radius 1 is 1.02 bits per heavy atom. The molecule has 1 fully saturated rings. The fourth-order valence-electron chi connectivity index (χ4n) is 5.29. The molecule has 0 saturated carbocycles. The van der Waals surface area contributed by atoms with E-state index in [4.69, 9.17) is 4.74 Å². The number of ether oxygens (including phenoxy) is 1. The zero-order valence-electron chi connectivity index (χ0n) is 24.2. The van der Waals surface area contributed by atoms with Crippen LogP contribution in [-0.2, 0) is 15.3 Å². The van der Waals surface area contributed by atoms with Crippen LogP contribution in [0.1, 0.15) is 48.1 Å². The molecular weight excluding hydrogens is 598 g/mol. The highest BCUT2D eigenvalue weighted by molar-refractivity contribution is 8.00. The van der Waals surface area contributed by atoms with Crippen molar-refractivity contribution in [3.05, 3.63) is 119 Å². The van der Waals surface area contributed by atoms with E-state index >= 15 is 0 Å². The van der Waals surface area contributed by atoms with E-state index in [1.807, 2.05) is 42.5 Å². The molecule has 44 heavy (non-hydrogen) atoms. The lowest BCUT2D eigenvalue weighted by Gasteiger charge is -2.23. The fraction of sp³-hybridized carbons (Fsp3) is 0.176. The Labute approximate surface area is 262 Å². The highest BCUT2D eigenvalue weighted by Crippen LogP contribution is 2.44. The molecule has 7 nitrogen and oxygen atoms in total. The summed E-state index contributed by atoms with van der Waals surface area (Å²) in [6.45, 7) is 4.13. The molecule has 5 aromatic rings. The van der Waals surface area contributed by atoms with Crippen molar-refractivity contribution in [2.75, 3.05) is 12.0 Å². The van der Waals surface area contributed by atoms with E-state index in [9.17, 15) is 19.1 Å². The number of carbonyl (C=O) groups is 2. The van der Waals surface area contributed by atoms with Crippen molar-refractivity contribution in [3.63, 3.8) is 0 Å². The van der Waals surface area contributed by atoms with Gasteiger partial charge in [-0.05, 0) is 51.6 Å². The highest BCUT2D eigenvalue weighted by Gasteiger charge is 2.48. The SMILES string of the molecule is COc1ccc(/C(O)=C2/C(=O)C(=O)N(c3nnc(SCc4cccc5ccccc45)s3)C2c2ccc(C(C)C)cc2)cc1F. The standard InChI is InChI=1S/C34H28FN3O4S2/c1-19(2)20-11-13-22(14-12-20)29-28(30(39)23-15-16-27(42-3)26(35)17-23)31(40)32(41)38(29)33-36-37-34(44-33)43-18-24-9-6-8-21-7-4-5-10-25(21)24/h4-17,19,29,39H,18H2,1-3H3/b30-28-. The molecule has 1 saturated heterocycles. The van der Waals surface area contributed by atoms with Crippen LogP contribution in [0.5, 0.6) is 5.75 Å². The average molecular weight is 626 g/mol. The summed E-state index contributed by atoms with van der Waals surface area (Å²) < 4.78 is 20.2. The number of benzene rings is 4. The number of rotatable bonds is 8. The number of fused-ring (bicyclic) bond motifs is 1. The lowest BCUT2D eigenvalue weighted by Crippen LogP contribution is -2.29. The third kappa shape index (κ3) is 5.46. The molecule has 2 heterocycles. The van der Waals surface area contributed by atoms with E-state index in [1.54, 1.807) is 0 Å². The Hall–Kier alpha value is -4.54. The molecule has 4 aromatic carbocycles. The van der Waals surface area contributed by atoms with E-state index in [0.717, 1.165) is 28.0 Å². The molecule has 1 amide bonds. The number of thioether (sulfide) groups is 1. The molecule has 1 unspecified atom stereocenters. The van der Waals surface area contributed by atoms with Crippen LogP contribution >= 0.6 is 23.1 Å². The number of halogens is 1. The van der Waals surface area contributed by atoms with Gasteiger partial charge in [0.15, 0.2) is 15.9 Å². The van der Waals surface area contributed by atoms with Crippen LogP contribution in [0.4, 0.5) is 9.52 Å². The van der Waals surface area contributed by atoms with Gasteiger partial charge in [-0.3, -0.25) is 14.5 Å². The maximum Gasteiger partial charge on any atom is 0.301 e. The van der Waals surface area contributed by atoms with Crippen LogP contribution in [0.3, 0.4) is 0 Å². The first kappa shape index (κ1) is 29.5. The van der Waals surface area contributed by atoms with Gasteiger partial charge in [-0.1, -0.05) is 104 Å². The lowest BCUT2D eigenvalue weighted by molar-refractivity contribution is -0.132. The van der Waals surface area contributed by atoms with Gasteiger partial charge in [0, 0.05) is 11.3 Å². The van der Waals surface area contributed by atoms with Gasteiger partial charge < -0.3 is 9.84 Å². The number of ketones is 1. The molecule has 1 aromatic heterocycles. The van der Waals surface area contributed by atoms with Crippen molar-refractivity contribution in [1.29, 1.82) is 0 Å². The van der Waals surface area contributed by atoms with E-state index < -0.39 is 29.3 Å². The van der Waals surface area contributed by atoms with Gasteiger partial charge >= 0.3 is 5.91 Å². The number of aliphatic hydroxyl groups excluding tert-OH is 1. The molecular formula is C34H28FN3O4S2. The summed E-state index contributed by atoms with van der Waals surface area (Å²) in [5.41, 5.74) is 2.71. The van der Waals surface area contributed by atoms with Crippen molar-refractivity contribution < 1.29 is 23.8 Å². The summed E-state index contributed by atoms with van der Waals surface area (Å²) >= 11 is 2.69. The summed E-state index contributed by atoms with van der Waals surface area (Å²) in [6, 6.07) is 24.7. The summed E-state index contributed by atoms with van der Waals surface area (Å²) in [5, 5.41) is 22.5. The molecule has 1 atom stereocenters. The number of methoxy groups -OCH3 is 1. The van der Waals surface area contributed by atoms with Crippen LogP contribution in [-0.4, -0.2) is 34.1 Å². The lowest BCUT2D eigenvalue weighted by atomic mass is 9.93. The van der Waals surface area contributed by atoms with Gasteiger partial charge in [-0.2, -0.15) is 0 Å². The first-order valence-electron chi connectivity index (χ1n) is 13.9. The predicted octanol–water partition coefficient (Wildman–Crippen LogP) is 7.88. The second-order valence-electron chi connectivity index (χ2n) is 10.6. The smallest absolute Gasteiger partial charge is 0.301 e.